The van der Waals surface area contributed by atoms with Crippen LogP contribution in [-0.2, 0) is 6.42 Å². The van der Waals surface area contributed by atoms with Gasteiger partial charge < -0.3 is 5.11 Å². The van der Waals surface area contributed by atoms with Gasteiger partial charge in [-0.15, -0.1) is 0 Å². The Morgan fingerprint density at radius 3 is 2.53 bits per heavy atom. The van der Waals surface area contributed by atoms with Crippen LogP contribution in [0.1, 0.15) is 25.8 Å². The fourth-order valence-electron chi connectivity index (χ4n) is 1.24. The second kappa shape index (κ2) is 4.58. The number of benzene rings is 1. The molecular weight excluding hydrogens is 266 g/mol. The Hall–Kier alpha value is -0.480. The van der Waals surface area contributed by atoms with Crippen LogP contribution in [0.25, 0.3) is 0 Å². The standard InChI is InChI=1S/C11H13BrF2O/c1-3-11(2,15)6-7-9(13)5-4-8(12)10(7)14/h4-5,15H,3,6H2,1-2H3. The molecule has 0 saturated heterocycles. The molecule has 0 fully saturated rings. The number of hydrogen-bond acceptors (Lipinski definition) is 1. The van der Waals surface area contributed by atoms with E-state index in [2.05, 4.69) is 15.9 Å². The SMILES string of the molecule is CCC(C)(O)Cc1c(F)ccc(Br)c1F. The largest absolute Gasteiger partial charge is 0.390 e. The zero-order chi connectivity index (χ0) is 11.6. The molecule has 84 valence electrons. The van der Waals surface area contributed by atoms with E-state index in [-0.39, 0.29) is 16.5 Å². The molecule has 1 atom stereocenters. The first-order valence-electron chi connectivity index (χ1n) is 4.72. The normalized spacial score (nSPS) is 15.1. The minimum atomic E-state index is -1.08. The van der Waals surface area contributed by atoms with Crippen molar-refractivity contribution in [1.29, 1.82) is 0 Å². The summed E-state index contributed by atoms with van der Waals surface area (Å²) >= 11 is 2.99. The number of halogens is 3. The summed E-state index contributed by atoms with van der Waals surface area (Å²) in [5.74, 6) is -1.26. The summed E-state index contributed by atoms with van der Waals surface area (Å²) < 4.78 is 27.1. The van der Waals surface area contributed by atoms with Crippen molar-refractivity contribution in [2.45, 2.75) is 32.3 Å². The van der Waals surface area contributed by atoms with Gasteiger partial charge in [-0.2, -0.15) is 0 Å². The molecule has 1 unspecified atom stereocenters. The summed E-state index contributed by atoms with van der Waals surface area (Å²) in [4.78, 5) is 0. The summed E-state index contributed by atoms with van der Waals surface area (Å²) in [6.45, 7) is 3.33. The molecule has 0 aliphatic carbocycles. The van der Waals surface area contributed by atoms with Crippen LogP contribution in [0.3, 0.4) is 0 Å². The van der Waals surface area contributed by atoms with Gasteiger partial charge in [0.15, 0.2) is 0 Å². The Morgan fingerprint density at radius 1 is 1.40 bits per heavy atom. The molecule has 0 heterocycles. The van der Waals surface area contributed by atoms with Crippen molar-refractivity contribution >= 4 is 15.9 Å². The van der Waals surface area contributed by atoms with Gasteiger partial charge in [0, 0.05) is 12.0 Å². The summed E-state index contributed by atoms with van der Waals surface area (Å²) in [5, 5.41) is 9.77. The highest BCUT2D eigenvalue weighted by atomic mass is 79.9. The van der Waals surface area contributed by atoms with Crippen molar-refractivity contribution in [3.8, 4) is 0 Å². The first kappa shape index (κ1) is 12.6. The monoisotopic (exact) mass is 278 g/mol. The lowest BCUT2D eigenvalue weighted by atomic mass is 9.93. The van der Waals surface area contributed by atoms with Gasteiger partial charge in [-0.25, -0.2) is 8.78 Å². The van der Waals surface area contributed by atoms with Gasteiger partial charge in [-0.1, -0.05) is 6.92 Å². The number of rotatable bonds is 3. The van der Waals surface area contributed by atoms with Crippen LogP contribution in [0.4, 0.5) is 8.78 Å². The quantitative estimate of drug-likeness (QED) is 0.840. The summed E-state index contributed by atoms with van der Waals surface area (Å²) in [7, 11) is 0. The third kappa shape index (κ3) is 2.98. The van der Waals surface area contributed by atoms with Crippen LogP contribution in [0.2, 0.25) is 0 Å². The Labute approximate surface area is 96.2 Å². The molecule has 0 amide bonds. The van der Waals surface area contributed by atoms with E-state index in [0.717, 1.165) is 0 Å². The molecular formula is C11H13BrF2O. The fourth-order valence-corrected chi connectivity index (χ4v) is 1.61. The maximum atomic E-state index is 13.5. The van der Waals surface area contributed by atoms with Crippen molar-refractivity contribution in [1.82, 2.24) is 0 Å². The molecule has 0 spiro atoms. The predicted octanol–water partition coefficient (Wildman–Crippen LogP) is 3.43. The molecule has 0 aliphatic heterocycles. The van der Waals surface area contributed by atoms with Gasteiger partial charge in [0.25, 0.3) is 0 Å². The van der Waals surface area contributed by atoms with Crippen molar-refractivity contribution < 1.29 is 13.9 Å². The van der Waals surface area contributed by atoms with Gasteiger partial charge in [0.05, 0.1) is 10.1 Å². The predicted molar refractivity (Wildman–Crippen MR) is 58.7 cm³/mol. The van der Waals surface area contributed by atoms with Crippen LogP contribution in [-0.4, -0.2) is 10.7 Å². The third-order valence-electron chi connectivity index (χ3n) is 2.46. The Kier molecular flexibility index (Phi) is 3.84. The molecule has 1 aromatic carbocycles. The maximum absolute atomic E-state index is 13.5. The van der Waals surface area contributed by atoms with Gasteiger partial charge in [0.1, 0.15) is 11.6 Å². The summed E-state index contributed by atoms with van der Waals surface area (Å²) in [6, 6.07) is 2.50. The minimum Gasteiger partial charge on any atom is -0.390 e. The molecule has 0 radical (unpaired) electrons. The highest BCUT2D eigenvalue weighted by Crippen LogP contribution is 2.26. The molecule has 1 rings (SSSR count). The third-order valence-corrected chi connectivity index (χ3v) is 3.07. The molecule has 1 aromatic rings. The lowest BCUT2D eigenvalue weighted by Crippen LogP contribution is -2.27. The van der Waals surface area contributed by atoms with Crippen molar-refractivity contribution in [2.24, 2.45) is 0 Å². The van der Waals surface area contributed by atoms with Crippen LogP contribution in [0.15, 0.2) is 16.6 Å². The second-order valence-corrected chi connectivity index (χ2v) is 4.70. The molecule has 1 N–H and O–H groups in total. The molecule has 0 aliphatic rings. The fraction of sp³-hybridized carbons (Fsp3) is 0.455. The first-order valence-corrected chi connectivity index (χ1v) is 5.51. The van der Waals surface area contributed by atoms with Crippen LogP contribution >= 0.6 is 15.9 Å². The molecule has 15 heavy (non-hydrogen) atoms. The van der Waals surface area contributed by atoms with Crippen LogP contribution in [0, 0.1) is 11.6 Å². The highest BCUT2D eigenvalue weighted by molar-refractivity contribution is 9.10. The van der Waals surface area contributed by atoms with E-state index in [4.69, 9.17) is 0 Å². The summed E-state index contributed by atoms with van der Waals surface area (Å²) in [5.41, 5.74) is -1.15. The Balaban J connectivity index is 3.09. The van der Waals surface area contributed by atoms with E-state index in [0.29, 0.717) is 6.42 Å². The van der Waals surface area contributed by atoms with E-state index < -0.39 is 17.2 Å². The van der Waals surface area contributed by atoms with E-state index >= 15 is 0 Å². The average molecular weight is 279 g/mol. The first-order chi connectivity index (χ1) is 6.87. The number of hydrogen-bond donors (Lipinski definition) is 1. The van der Waals surface area contributed by atoms with Crippen molar-refractivity contribution in [3.05, 3.63) is 33.8 Å². The van der Waals surface area contributed by atoms with Crippen molar-refractivity contribution in [2.75, 3.05) is 0 Å². The zero-order valence-electron chi connectivity index (χ0n) is 8.65. The number of aliphatic hydroxyl groups is 1. The molecule has 0 aromatic heterocycles. The van der Waals surface area contributed by atoms with Crippen molar-refractivity contribution in [3.63, 3.8) is 0 Å². The zero-order valence-corrected chi connectivity index (χ0v) is 10.2. The second-order valence-electron chi connectivity index (χ2n) is 3.85. The molecule has 1 nitrogen and oxygen atoms in total. The van der Waals surface area contributed by atoms with Gasteiger partial charge in [-0.05, 0) is 41.4 Å². The lowest BCUT2D eigenvalue weighted by molar-refractivity contribution is 0.0546. The lowest BCUT2D eigenvalue weighted by Gasteiger charge is -2.22. The van der Waals surface area contributed by atoms with E-state index in [1.807, 2.05) is 0 Å². The Morgan fingerprint density at radius 2 is 2.00 bits per heavy atom. The van der Waals surface area contributed by atoms with E-state index in [1.54, 1.807) is 13.8 Å². The smallest absolute Gasteiger partial charge is 0.143 e. The van der Waals surface area contributed by atoms with E-state index in [1.165, 1.54) is 12.1 Å². The maximum Gasteiger partial charge on any atom is 0.143 e. The van der Waals surface area contributed by atoms with Crippen LogP contribution < -0.4 is 0 Å². The van der Waals surface area contributed by atoms with Gasteiger partial charge in [0.2, 0.25) is 0 Å². The highest BCUT2D eigenvalue weighted by Gasteiger charge is 2.23. The topological polar surface area (TPSA) is 20.2 Å². The Bertz CT molecular complexity index is 364. The van der Waals surface area contributed by atoms with Crippen LogP contribution in [0.5, 0.6) is 0 Å². The molecule has 0 bridgehead atoms. The minimum absolute atomic E-state index is 0.0272. The molecule has 4 heteroatoms. The average Bonchev–Trinajstić information content (AvgIpc) is 2.19. The van der Waals surface area contributed by atoms with Gasteiger partial charge >= 0.3 is 0 Å². The summed E-state index contributed by atoms with van der Waals surface area (Å²) in [6.07, 6.45) is 0.416. The van der Waals surface area contributed by atoms with Gasteiger partial charge in [-0.3, -0.25) is 0 Å². The van der Waals surface area contributed by atoms with E-state index in [9.17, 15) is 13.9 Å². The molecule has 0 saturated carbocycles.